The van der Waals surface area contributed by atoms with E-state index in [0.29, 0.717) is 5.69 Å². The molecule has 2 rings (SSSR count). The number of ether oxygens (including phenoxy) is 1. The average Bonchev–Trinajstić information content (AvgIpc) is 2.40. The molecule has 0 unspecified atom stereocenters. The van der Waals surface area contributed by atoms with Gasteiger partial charge in [0, 0.05) is 11.4 Å². The van der Waals surface area contributed by atoms with E-state index in [2.05, 4.69) is 5.32 Å². The normalized spacial score (nSPS) is 11.2. The Morgan fingerprint density at radius 1 is 1.00 bits per heavy atom. The van der Waals surface area contributed by atoms with Gasteiger partial charge in [-0.3, -0.25) is 0 Å². The van der Waals surface area contributed by atoms with Gasteiger partial charge in [0.25, 0.3) is 0 Å². The molecule has 2 N–H and O–H groups in total. The zero-order valence-corrected chi connectivity index (χ0v) is 10.5. The number of methoxy groups -OCH3 is 1. The first-order chi connectivity index (χ1) is 9.40. The second kappa shape index (κ2) is 5.32. The van der Waals surface area contributed by atoms with E-state index < -0.39 is 11.7 Å². The number of benzene rings is 2. The molecule has 0 spiro atoms. The van der Waals surface area contributed by atoms with Crippen LogP contribution < -0.4 is 10.1 Å². The maximum absolute atomic E-state index is 12.9. The lowest BCUT2D eigenvalue weighted by Crippen LogP contribution is -2.08. The Bertz CT molecular complexity index is 594. The predicted molar refractivity (Wildman–Crippen MR) is 69.4 cm³/mol. The van der Waals surface area contributed by atoms with Crippen LogP contribution >= 0.6 is 0 Å². The molecule has 20 heavy (non-hydrogen) atoms. The second-order valence-corrected chi connectivity index (χ2v) is 4.08. The minimum atomic E-state index is -4.49. The molecule has 0 bridgehead atoms. The van der Waals surface area contributed by atoms with Gasteiger partial charge in [0.15, 0.2) is 0 Å². The van der Waals surface area contributed by atoms with E-state index in [0.717, 1.165) is 6.07 Å². The molecule has 0 aliphatic rings. The third-order valence-corrected chi connectivity index (χ3v) is 2.66. The number of hydrogen-bond donors (Lipinski definition) is 2. The Balaban J connectivity index is 2.31. The highest BCUT2D eigenvalue weighted by atomic mass is 19.4. The van der Waals surface area contributed by atoms with Crippen LogP contribution in [0.15, 0.2) is 42.5 Å². The van der Waals surface area contributed by atoms with Crippen LogP contribution in [-0.2, 0) is 6.18 Å². The number of anilines is 2. The summed E-state index contributed by atoms with van der Waals surface area (Å²) in [4.78, 5) is 0. The molecule has 0 heterocycles. The minimum Gasteiger partial charge on any atom is -0.508 e. The van der Waals surface area contributed by atoms with Crippen LogP contribution in [0.25, 0.3) is 0 Å². The van der Waals surface area contributed by atoms with E-state index in [4.69, 9.17) is 9.84 Å². The topological polar surface area (TPSA) is 41.5 Å². The molecule has 0 radical (unpaired) electrons. The lowest BCUT2D eigenvalue weighted by molar-refractivity contribution is -0.138. The largest absolute Gasteiger partial charge is 0.508 e. The molecule has 106 valence electrons. The van der Waals surface area contributed by atoms with Gasteiger partial charge in [-0.2, -0.15) is 13.2 Å². The van der Waals surface area contributed by atoms with Gasteiger partial charge in [-0.25, -0.2) is 0 Å². The summed E-state index contributed by atoms with van der Waals surface area (Å²) in [5.41, 5.74) is 0.00804. The molecule has 0 aliphatic carbocycles. The lowest BCUT2D eigenvalue weighted by atomic mass is 10.1. The minimum absolute atomic E-state index is 0.0845. The van der Waals surface area contributed by atoms with Crippen molar-refractivity contribution in [3.8, 4) is 11.5 Å². The van der Waals surface area contributed by atoms with E-state index in [9.17, 15) is 13.2 Å². The average molecular weight is 283 g/mol. The fourth-order valence-corrected chi connectivity index (χ4v) is 1.72. The highest BCUT2D eigenvalue weighted by molar-refractivity contribution is 5.62. The highest BCUT2D eigenvalue weighted by Crippen LogP contribution is 2.38. The maximum Gasteiger partial charge on any atom is 0.420 e. The number of phenols is 1. The fourth-order valence-electron chi connectivity index (χ4n) is 1.72. The first kappa shape index (κ1) is 14.0. The third kappa shape index (κ3) is 3.14. The Hall–Kier alpha value is -2.37. The summed E-state index contributed by atoms with van der Waals surface area (Å²) < 4.78 is 43.3. The summed E-state index contributed by atoms with van der Waals surface area (Å²) in [6, 6.07) is 9.73. The summed E-state index contributed by atoms with van der Waals surface area (Å²) in [7, 11) is 1.19. The van der Waals surface area contributed by atoms with E-state index in [-0.39, 0.29) is 17.2 Å². The quantitative estimate of drug-likeness (QED) is 0.831. The van der Waals surface area contributed by atoms with Crippen LogP contribution in [0, 0.1) is 0 Å². The van der Waals surface area contributed by atoms with Gasteiger partial charge in [-0.1, -0.05) is 0 Å². The van der Waals surface area contributed by atoms with Gasteiger partial charge in [0.05, 0.1) is 12.7 Å². The van der Waals surface area contributed by atoms with Crippen molar-refractivity contribution in [1.82, 2.24) is 0 Å². The van der Waals surface area contributed by atoms with E-state index in [1.807, 2.05) is 0 Å². The summed E-state index contributed by atoms with van der Waals surface area (Å²) >= 11 is 0. The first-order valence-corrected chi connectivity index (χ1v) is 5.71. The van der Waals surface area contributed by atoms with Crippen molar-refractivity contribution >= 4 is 11.4 Å². The van der Waals surface area contributed by atoms with Crippen LogP contribution in [0.5, 0.6) is 11.5 Å². The van der Waals surface area contributed by atoms with E-state index in [1.54, 1.807) is 12.1 Å². The summed E-state index contributed by atoms with van der Waals surface area (Å²) in [6.45, 7) is 0. The van der Waals surface area contributed by atoms with Crippen molar-refractivity contribution in [1.29, 1.82) is 0 Å². The van der Waals surface area contributed by atoms with Crippen molar-refractivity contribution in [2.45, 2.75) is 6.18 Å². The van der Waals surface area contributed by atoms with Crippen molar-refractivity contribution in [2.75, 3.05) is 12.4 Å². The van der Waals surface area contributed by atoms with Gasteiger partial charge >= 0.3 is 6.18 Å². The molecular formula is C14H12F3NO2. The zero-order chi connectivity index (χ0) is 14.8. The Labute approximate surface area is 113 Å². The van der Waals surface area contributed by atoms with Crippen LogP contribution in [0.1, 0.15) is 5.56 Å². The molecule has 2 aromatic rings. The van der Waals surface area contributed by atoms with Crippen molar-refractivity contribution in [3.63, 3.8) is 0 Å². The van der Waals surface area contributed by atoms with E-state index >= 15 is 0 Å². The highest BCUT2D eigenvalue weighted by Gasteiger charge is 2.34. The Kier molecular flexibility index (Phi) is 3.74. The monoisotopic (exact) mass is 283 g/mol. The number of alkyl halides is 3. The molecule has 0 aromatic heterocycles. The number of nitrogens with one attached hydrogen (secondary N) is 1. The molecule has 0 atom stereocenters. The fraction of sp³-hybridized carbons (Fsp3) is 0.143. The molecule has 0 saturated heterocycles. The maximum atomic E-state index is 12.9. The summed E-state index contributed by atoms with van der Waals surface area (Å²) in [5, 5.41) is 12.0. The smallest absolute Gasteiger partial charge is 0.420 e. The van der Waals surface area contributed by atoms with Crippen molar-refractivity contribution in [2.24, 2.45) is 0 Å². The van der Waals surface area contributed by atoms with Crippen molar-refractivity contribution < 1.29 is 23.0 Å². The van der Waals surface area contributed by atoms with Gasteiger partial charge in [0.1, 0.15) is 11.5 Å². The number of rotatable bonds is 3. The van der Waals surface area contributed by atoms with Crippen LogP contribution in [0.2, 0.25) is 0 Å². The SMILES string of the molecule is COc1ccc(Nc2ccc(O)cc2)cc1C(F)(F)F. The number of halogens is 3. The molecule has 3 nitrogen and oxygen atoms in total. The number of hydrogen-bond acceptors (Lipinski definition) is 3. The number of phenolic OH excluding ortho intramolecular Hbond substituents is 1. The van der Waals surface area contributed by atoms with Crippen LogP contribution in [0.3, 0.4) is 0 Å². The third-order valence-electron chi connectivity index (χ3n) is 2.66. The lowest BCUT2D eigenvalue weighted by Gasteiger charge is -2.14. The molecule has 0 amide bonds. The van der Waals surface area contributed by atoms with Crippen molar-refractivity contribution in [3.05, 3.63) is 48.0 Å². The molecule has 6 heteroatoms. The zero-order valence-electron chi connectivity index (χ0n) is 10.5. The van der Waals surface area contributed by atoms with Gasteiger partial charge in [-0.05, 0) is 42.5 Å². The standard InChI is InChI=1S/C14H12F3NO2/c1-20-13-7-4-10(8-12(13)14(15,16)17)18-9-2-5-11(19)6-3-9/h2-8,18-19H,1H3. The summed E-state index contributed by atoms with van der Waals surface area (Å²) in [5.74, 6) is -0.144. The second-order valence-electron chi connectivity index (χ2n) is 4.08. The molecular weight excluding hydrogens is 271 g/mol. The molecule has 0 saturated carbocycles. The first-order valence-electron chi connectivity index (χ1n) is 5.71. The molecule has 0 fully saturated rings. The van der Waals surface area contributed by atoms with Gasteiger partial charge < -0.3 is 15.2 Å². The Morgan fingerprint density at radius 2 is 1.60 bits per heavy atom. The summed E-state index contributed by atoms with van der Waals surface area (Å²) in [6.07, 6.45) is -4.49. The predicted octanol–water partition coefficient (Wildman–Crippen LogP) is 4.16. The van der Waals surface area contributed by atoms with Gasteiger partial charge in [-0.15, -0.1) is 0 Å². The number of aromatic hydroxyl groups is 1. The Morgan fingerprint density at radius 3 is 2.15 bits per heavy atom. The molecule has 0 aliphatic heterocycles. The van der Waals surface area contributed by atoms with Crippen LogP contribution in [-0.4, -0.2) is 12.2 Å². The van der Waals surface area contributed by atoms with Crippen LogP contribution in [0.4, 0.5) is 24.5 Å². The molecule has 2 aromatic carbocycles. The van der Waals surface area contributed by atoms with E-state index in [1.165, 1.54) is 31.4 Å². The van der Waals surface area contributed by atoms with Gasteiger partial charge in [0.2, 0.25) is 0 Å².